The molecule has 0 fully saturated rings. The molecular weight excluding hydrogens is 227 g/mol. The molecule has 0 aliphatic rings. The summed E-state index contributed by atoms with van der Waals surface area (Å²) in [6.45, 7) is 0. The molecule has 2 aromatic carbocycles. The first-order chi connectivity index (χ1) is 6.31. The molecule has 0 aromatic heterocycles. The van der Waals surface area contributed by atoms with Crippen LogP contribution in [0.2, 0.25) is 0 Å². The number of benzene rings is 2. The Bertz CT molecular complexity index is 442. The Balaban J connectivity index is 2.74. The van der Waals surface area contributed by atoms with E-state index in [2.05, 4.69) is 22.0 Å². The van der Waals surface area contributed by atoms with Gasteiger partial charge in [-0.3, -0.25) is 0 Å². The Kier molecular flexibility index (Phi) is 2.38. The van der Waals surface area contributed by atoms with Crippen LogP contribution < -0.4 is 5.46 Å². The summed E-state index contributed by atoms with van der Waals surface area (Å²) in [4.78, 5) is 0. The SMILES string of the molecule is OBc1cc2ccccc2cc1Br. The molecule has 0 aliphatic heterocycles. The third-order valence-electron chi connectivity index (χ3n) is 2.09. The lowest BCUT2D eigenvalue weighted by Crippen LogP contribution is -2.14. The maximum atomic E-state index is 9.05. The minimum atomic E-state index is 0.0748. The van der Waals surface area contributed by atoms with Gasteiger partial charge in [-0.1, -0.05) is 46.3 Å². The molecule has 0 spiro atoms. The van der Waals surface area contributed by atoms with Crippen molar-refractivity contribution in [1.29, 1.82) is 0 Å². The van der Waals surface area contributed by atoms with Gasteiger partial charge in [-0.05, 0) is 22.3 Å². The van der Waals surface area contributed by atoms with Crippen LogP contribution in [0, 0.1) is 0 Å². The van der Waals surface area contributed by atoms with Crippen molar-refractivity contribution in [3.8, 4) is 0 Å². The van der Waals surface area contributed by atoms with E-state index in [0.29, 0.717) is 0 Å². The van der Waals surface area contributed by atoms with Gasteiger partial charge in [-0.25, -0.2) is 0 Å². The summed E-state index contributed by atoms with van der Waals surface area (Å²) in [7, 11) is 0.0748. The third kappa shape index (κ3) is 1.62. The van der Waals surface area contributed by atoms with Crippen LogP contribution in [-0.4, -0.2) is 12.5 Å². The molecule has 64 valence electrons. The van der Waals surface area contributed by atoms with Crippen molar-refractivity contribution in [2.75, 3.05) is 0 Å². The highest BCUT2D eigenvalue weighted by Crippen LogP contribution is 2.17. The van der Waals surface area contributed by atoms with Gasteiger partial charge in [0.1, 0.15) is 0 Å². The zero-order chi connectivity index (χ0) is 9.26. The van der Waals surface area contributed by atoms with Crippen molar-refractivity contribution < 1.29 is 5.02 Å². The summed E-state index contributed by atoms with van der Waals surface area (Å²) in [5, 5.41) is 11.4. The van der Waals surface area contributed by atoms with Crippen LogP contribution in [0.4, 0.5) is 0 Å². The number of hydrogen-bond donors (Lipinski definition) is 1. The zero-order valence-corrected chi connectivity index (χ0v) is 8.58. The smallest absolute Gasteiger partial charge is 0.305 e. The van der Waals surface area contributed by atoms with Crippen LogP contribution in [-0.2, 0) is 0 Å². The number of hydrogen-bond acceptors (Lipinski definition) is 1. The first-order valence-electron chi connectivity index (χ1n) is 4.09. The summed E-state index contributed by atoms with van der Waals surface area (Å²) in [5.41, 5.74) is 0.929. The fraction of sp³-hybridized carbons (Fsp3) is 0. The van der Waals surface area contributed by atoms with Gasteiger partial charge in [0.05, 0.1) is 0 Å². The second-order valence-corrected chi connectivity index (χ2v) is 3.80. The van der Waals surface area contributed by atoms with E-state index >= 15 is 0 Å². The van der Waals surface area contributed by atoms with Crippen LogP contribution in [0.3, 0.4) is 0 Å². The lowest BCUT2D eigenvalue weighted by Gasteiger charge is -2.02. The van der Waals surface area contributed by atoms with Crippen molar-refractivity contribution in [2.24, 2.45) is 0 Å². The Morgan fingerprint density at radius 3 is 2.31 bits per heavy atom. The Morgan fingerprint density at radius 1 is 1.08 bits per heavy atom. The molecular formula is C10H8BBrO. The monoisotopic (exact) mass is 234 g/mol. The van der Waals surface area contributed by atoms with Gasteiger partial charge in [0.25, 0.3) is 0 Å². The Labute approximate surface area is 85.8 Å². The van der Waals surface area contributed by atoms with Gasteiger partial charge >= 0.3 is 7.48 Å². The standard InChI is InChI=1S/C10H8BBrO/c12-10-6-8-4-2-1-3-7(8)5-9(10)11-13/h1-6,11,13H. The fourth-order valence-electron chi connectivity index (χ4n) is 1.38. The highest BCUT2D eigenvalue weighted by Gasteiger charge is 2.01. The predicted octanol–water partition coefficient (Wildman–Crippen LogP) is 1.57. The zero-order valence-electron chi connectivity index (χ0n) is 7.00. The molecule has 0 amide bonds. The van der Waals surface area contributed by atoms with E-state index in [1.54, 1.807) is 0 Å². The molecule has 0 saturated heterocycles. The number of rotatable bonds is 1. The summed E-state index contributed by atoms with van der Waals surface area (Å²) in [6, 6.07) is 12.1. The van der Waals surface area contributed by atoms with Gasteiger partial charge in [-0.2, -0.15) is 0 Å². The van der Waals surface area contributed by atoms with Crippen LogP contribution in [0.5, 0.6) is 0 Å². The number of fused-ring (bicyclic) bond motifs is 1. The van der Waals surface area contributed by atoms with Crippen molar-refractivity contribution in [2.45, 2.75) is 0 Å². The van der Waals surface area contributed by atoms with Gasteiger partial charge in [-0.15, -0.1) is 0 Å². The molecule has 3 heteroatoms. The van der Waals surface area contributed by atoms with Gasteiger partial charge in [0, 0.05) is 4.47 Å². The molecule has 0 saturated carbocycles. The molecule has 13 heavy (non-hydrogen) atoms. The van der Waals surface area contributed by atoms with Crippen LogP contribution in [0.1, 0.15) is 0 Å². The lowest BCUT2D eigenvalue weighted by atomic mass is 9.87. The lowest BCUT2D eigenvalue weighted by molar-refractivity contribution is 0.615. The summed E-state index contributed by atoms with van der Waals surface area (Å²) < 4.78 is 0.966. The van der Waals surface area contributed by atoms with Gasteiger partial charge < -0.3 is 5.02 Å². The maximum absolute atomic E-state index is 9.05. The van der Waals surface area contributed by atoms with E-state index in [9.17, 15) is 0 Å². The fourth-order valence-corrected chi connectivity index (χ4v) is 1.87. The summed E-state index contributed by atoms with van der Waals surface area (Å²) >= 11 is 3.42. The molecule has 1 nitrogen and oxygen atoms in total. The topological polar surface area (TPSA) is 20.2 Å². The van der Waals surface area contributed by atoms with E-state index in [1.807, 2.05) is 30.3 Å². The largest absolute Gasteiger partial charge is 0.449 e. The average Bonchev–Trinajstić information content (AvgIpc) is 2.17. The van der Waals surface area contributed by atoms with E-state index in [0.717, 1.165) is 15.3 Å². The molecule has 0 heterocycles. The van der Waals surface area contributed by atoms with Crippen molar-refractivity contribution >= 4 is 39.6 Å². The van der Waals surface area contributed by atoms with Gasteiger partial charge in [0.15, 0.2) is 0 Å². The highest BCUT2D eigenvalue weighted by atomic mass is 79.9. The summed E-state index contributed by atoms with van der Waals surface area (Å²) in [6.07, 6.45) is 0. The predicted molar refractivity (Wildman–Crippen MR) is 60.6 cm³/mol. The molecule has 1 N–H and O–H groups in total. The number of halogens is 1. The third-order valence-corrected chi connectivity index (χ3v) is 2.82. The first-order valence-corrected chi connectivity index (χ1v) is 4.88. The maximum Gasteiger partial charge on any atom is 0.305 e. The van der Waals surface area contributed by atoms with E-state index in [4.69, 9.17) is 5.02 Å². The minimum Gasteiger partial charge on any atom is -0.449 e. The van der Waals surface area contributed by atoms with Crippen LogP contribution in [0.15, 0.2) is 40.9 Å². The van der Waals surface area contributed by atoms with E-state index < -0.39 is 0 Å². The second-order valence-electron chi connectivity index (χ2n) is 2.95. The normalized spacial score (nSPS) is 10.3. The van der Waals surface area contributed by atoms with Crippen LogP contribution >= 0.6 is 15.9 Å². The van der Waals surface area contributed by atoms with Crippen LogP contribution in [0.25, 0.3) is 10.8 Å². The Hall–Kier alpha value is -0.795. The van der Waals surface area contributed by atoms with E-state index in [-0.39, 0.29) is 7.48 Å². The molecule has 2 aromatic rings. The van der Waals surface area contributed by atoms with Gasteiger partial charge in [0.2, 0.25) is 0 Å². The van der Waals surface area contributed by atoms with Crippen molar-refractivity contribution in [1.82, 2.24) is 0 Å². The molecule has 0 bridgehead atoms. The van der Waals surface area contributed by atoms with Crippen molar-refractivity contribution in [3.63, 3.8) is 0 Å². The minimum absolute atomic E-state index is 0.0748. The molecule has 0 radical (unpaired) electrons. The quantitative estimate of drug-likeness (QED) is 0.743. The molecule has 0 aliphatic carbocycles. The first kappa shape index (κ1) is 8.79. The van der Waals surface area contributed by atoms with Crippen molar-refractivity contribution in [3.05, 3.63) is 40.9 Å². The molecule has 0 atom stereocenters. The second kappa shape index (κ2) is 3.52. The molecule has 2 rings (SSSR count). The molecule has 0 unspecified atom stereocenters. The summed E-state index contributed by atoms with van der Waals surface area (Å²) in [5.74, 6) is 0. The average molecular weight is 235 g/mol. The highest BCUT2D eigenvalue weighted by molar-refractivity contribution is 9.10. The Morgan fingerprint density at radius 2 is 1.69 bits per heavy atom. The van der Waals surface area contributed by atoms with E-state index in [1.165, 1.54) is 5.39 Å².